The summed E-state index contributed by atoms with van der Waals surface area (Å²) in [5, 5.41) is 10.6. The second kappa shape index (κ2) is 5.05. The lowest BCUT2D eigenvalue weighted by Crippen LogP contribution is -2.12. The van der Waals surface area contributed by atoms with Crippen molar-refractivity contribution < 1.29 is 9.53 Å². The van der Waals surface area contributed by atoms with Crippen molar-refractivity contribution in [2.24, 2.45) is 0 Å². The largest absolute Gasteiger partial charge is 0.497 e. The molecule has 1 aromatic heterocycles. The number of hydrogen-bond acceptors (Lipinski definition) is 3. The number of benzene rings is 2. The Hall–Kier alpha value is -2.82. The summed E-state index contributed by atoms with van der Waals surface area (Å²) in [5.41, 5.74) is 2.02. The highest BCUT2D eigenvalue weighted by Crippen LogP contribution is 2.19. The van der Waals surface area contributed by atoms with Crippen molar-refractivity contribution in [3.63, 3.8) is 0 Å². The smallest absolute Gasteiger partial charge is 0.257 e. The van der Waals surface area contributed by atoms with Crippen LogP contribution in [0.4, 0.5) is 5.69 Å². The van der Waals surface area contributed by atoms with Gasteiger partial charge in [-0.25, -0.2) is 0 Å². The molecule has 0 spiro atoms. The third-order valence-electron chi connectivity index (χ3n) is 3.07. The van der Waals surface area contributed by atoms with Crippen LogP contribution in [0.25, 0.3) is 10.9 Å². The molecule has 0 atom stereocenters. The average molecular weight is 267 g/mol. The van der Waals surface area contributed by atoms with Crippen molar-refractivity contribution in [3.05, 3.63) is 54.2 Å². The van der Waals surface area contributed by atoms with E-state index in [0.29, 0.717) is 11.3 Å². The number of hydrogen-bond donors (Lipinski definition) is 2. The van der Waals surface area contributed by atoms with Crippen molar-refractivity contribution in [1.29, 1.82) is 0 Å². The molecule has 2 aromatic carbocycles. The number of H-pyrrole nitrogens is 1. The predicted octanol–water partition coefficient (Wildman–Crippen LogP) is 2.82. The lowest BCUT2D eigenvalue weighted by atomic mass is 10.1. The number of nitrogens with one attached hydrogen (secondary N) is 2. The molecular weight excluding hydrogens is 254 g/mol. The summed E-state index contributed by atoms with van der Waals surface area (Å²) in [6.07, 6.45) is 1.69. The van der Waals surface area contributed by atoms with Gasteiger partial charge in [-0.2, -0.15) is 5.10 Å². The van der Waals surface area contributed by atoms with Gasteiger partial charge in [-0.3, -0.25) is 9.89 Å². The maximum Gasteiger partial charge on any atom is 0.257 e. The first kappa shape index (κ1) is 12.2. The van der Waals surface area contributed by atoms with Crippen LogP contribution >= 0.6 is 0 Å². The Kier molecular flexibility index (Phi) is 3.09. The minimum Gasteiger partial charge on any atom is -0.497 e. The Balaban J connectivity index is 1.87. The Morgan fingerprint density at radius 2 is 2.00 bits per heavy atom. The lowest BCUT2D eigenvalue weighted by Gasteiger charge is -2.07. The van der Waals surface area contributed by atoms with E-state index < -0.39 is 0 Å². The summed E-state index contributed by atoms with van der Waals surface area (Å²) >= 11 is 0. The number of fused-ring (bicyclic) bond motifs is 1. The van der Waals surface area contributed by atoms with Gasteiger partial charge in [0.05, 0.1) is 24.4 Å². The number of carbonyl (C=O) groups excluding carboxylic acids is 1. The number of carbonyl (C=O) groups is 1. The highest BCUT2D eigenvalue weighted by atomic mass is 16.5. The number of nitrogens with zero attached hydrogens (tertiary/aromatic N) is 1. The maximum atomic E-state index is 12.3. The van der Waals surface area contributed by atoms with Crippen LogP contribution in [0.1, 0.15) is 10.4 Å². The number of ether oxygens (including phenoxy) is 1. The van der Waals surface area contributed by atoms with Crippen molar-refractivity contribution >= 4 is 22.5 Å². The fourth-order valence-electron chi connectivity index (χ4n) is 2.03. The van der Waals surface area contributed by atoms with Gasteiger partial charge in [0.15, 0.2) is 0 Å². The first-order chi connectivity index (χ1) is 9.78. The zero-order valence-corrected chi connectivity index (χ0v) is 10.9. The van der Waals surface area contributed by atoms with Crippen molar-refractivity contribution in [2.45, 2.75) is 0 Å². The molecule has 5 nitrogen and oxygen atoms in total. The van der Waals surface area contributed by atoms with Crippen LogP contribution in [0.3, 0.4) is 0 Å². The predicted molar refractivity (Wildman–Crippen MR) is 77.0 cm³/mol. The number of amides is 1. The minimum atomic E-state index is -0.176. The van der Waals surface area contributed by atoms with E-state index in [9.17, 15) is 4.79 Å². The summed E-state index contributed by atoms with van der Waals surface area (Å²) < 4.78 is 5.08. The molecule has 1 amide bonds. The van der Waals surface area contributed by atoms with Crippen LogP contribution in [-0.4, -0.2) is 23.2 Å². The molecule has 100 valence electrons. The van der Waals surface area contributed by atoms with Crippen LogP contribution in [0.5, 0.6) is 5.75 Å². The molecule has 1 heterocycles. The van der Waals surface area contributed by atoms with Gasteiger partial charge >= 0.3 is 0 Å². The molecule has 0 aliphatic carbocycles. The first-order valence-corrected chi connectivity index (χ1v) is 6.15. The SMILES string of the molecule is COc1ccc(NC(=O)c2cccc3cn[nH]c23)cc1. The summed E-state index contributed by atoms with van der Waals surface area (Å²) in [6.45, 7) is 0. The van der Waals surface area contributed by atoms with Crippen LogP contribution in [0, 0.1) is 0 Å². The topological polar surface area (TPSA) is 67.0 Å². The molecule has 20 heavy (non-hydrogen) atoms. The number of methoxy groups -OCH3 is 1. The number of aromatic nitrogens is 2. The van der Waals surface area contributed by atoms with E-state index >= 15 is 0 Å². The van der Waals surface area contributed by atoms with Crippen LogP contribution in [0.2, 0.25) is 0 Å². The molecule has 0 saturated carbocycles. The Morgan fingerprint density at radius 1 is 1.20 bits per heavy atom. The molecule has 0 fully saturated rings. The standard InChI is InChI=1S/C15H13N3O2/c1-20-12-7-5-11(6-8-12)17-15(19)13-4-2-3-10-9-16-18-14(10)13/h2-9H,1H3,(H,16,18)(H,17,19). The van der Waals surface area contributed by atoms with E-state index in [1.165, 1.54) is 0 Å². The maximum absolute atomic E-state index is 12.3. The highest BCUT2D eigenvalue weighted by Gasteiger charge is 2.11. The quantitative estimate of drug-likeness (QED) is 0.766. The van der Waals surface area contributed by atoms with E-state index in [4.69, 9.17) is 4.74 Å². The number of para-hydroxylation sites is 1. The number of anilines is 1. The number of rotatable bonds is 3. The molecule has 0 radical (unpaired) electrons. The van der Waals surface area contributed by atoms with Gasteiger partial charge in [-0.1, -0.05) is 12.1 Å². The third-order valence-corrected chi connectivity index (χ3v) is 3.07. The van der Waals surface area contributed by atoms with Gasteiger partial charge in [-0.05, 0) is 30.3 Å². The second-order valence-corrected chi connectivity index (χ2v) is 4.32. The molecule has 0 unspecified atom stereocenters. The van der Waals surface area contributed by atoms with E-state index in [1.54, 1.807) is 43.6 Å². The molecule has 3 rings (SSSR count). The zero-order valence-electron chi connectivity index (χ0n) is 10.9. The molecule has 0 aliphatic rings. The van der Waals surface area contributed by atoms with Gasteiger partial charge in [0.1, 0.15) is 5.75 Å². The van der Waals surface area contributed by atoms with Crippen LogP contribution in [-0.2, 0) is 0 Å². The molecule has 2 N–H and O–H groups in total. The zero-order chi connectivity index (χ0) is 13.9. The Bertz CT molecular complexity index is 747. The third kappa shape index (κ3) is 2.21. The summed E-state index contributed by atoms with van der Waals surface area (Å²) in [7, 11) is 1.60. The molecule has 5 heteroatoms. The van der Waals surface area contributed by atoms with Gasteiger partial charge in [0.25, 0.3) is 5.91 Å². The first-order valence-electron chi connectivity index (χ1n) is 6.15. The molecular formula is C15H13N3O2. The Labute approximate surface area is 115 Å². The van der Waals surface area contributed by atoms with Gasteiger partial charge in [-0.15, -0.1) is 0 Å². The molecule has 3 aromatic rings. The van der Waals surface area contributed by atoms with E-state index in [0.717, 1.165) is 16.7 Å². The molecule has 0 bridgehead atoms. The van der Waals surface area contributed by atoms with Crippen molar-refractivity contribution in [1.82, 2.24) is 10.2 Å². The van der Waals surface area contributed by atoms with E-state index in [2.05, 4.69) is 15.5 Å². The van der Waals surface area contributed by atoms with Crippen molar-refractivity contribution in [2.75, 3.05) is 12.4 Å². The molecule has 0 saturated heterocycles. The Morgan fingerprint density at radius 3 is 2.75 bits per heavy atom. The van der Waals surface area contributed by atoms with Crippen molar-refractivity contribution in [3.8, 4) is 5.75 Å². The van der Waals surface area contributed by atoms with Gasteiger partial charge in [0.2, 0.25) is 0 Å². The monoisotopic (exact) mass is 267 g/mol. The summed E-state index contributed by atoms with van der Waals surface area (Å²) in [4.78, 5) is 12.3. The summed E-state index contributed by atoms with van der Waals surface area (Å²) in [6, 6.07) is 12.7. The van der Waals surface area contributed by atoms with Crippen LogP contribution in [0.15, 0.2) is 48.7 Å². The second-order valence-electron chi connectivity index (χ2n) is 4.32. The fourth-order valence-corrected chi connectivity index (χ4v) is 2.03. The molecule has 0 aliphatic heterocycles. The summed E-state index contributed by atoms with van der Waals surface area (Å²) in [5.74, 6) is 0.573. The number of aromatic amines is 1. The normalized spacial score (nSPS) is 10.4. The van der Waals surface area contributed by atoms with Gasteiger partial charge < -0.3 is 10.1 Å². The van der Waals surface area contributed by atoms with E-state index in [1.807, 2.05) is 12.1 Å². The lowest BCUT2D eigenvalue weighted by molar-refractivity contribution is 0.102. The van der Waals surface area contributed by atoms with Gasteiger partial charge in [0, 0.05) is 11.1 Å². The fraction of sp³-hybridized carbons (Fsp3) is 0.0667. The van der Waals surface area contributed by atoms with E-state index in [-0.39, 0.29) is 5.91 Å². The highest BCUT2D eigenvalue weighted by molar-refractivity contribution is 6.11. The van der Waals surface area contributed by atoms with Crippen LogP contribution < -0.4 is 10.1 Å². The minimum absolute atomic E-state index is 0.176. The average Bonchev–Trinajstić information content (AvgIpc) is 2.96.